The third kappa shape index (κ3) is 5.95. The van der Waals surface area contributed by atoms with Crippen LogP contribution in [0, 0.1) is 5.82 Å². The van der Waals surface area contributed by atoms with E-state index in [4.69, 9.17) is 9.47 Å². The molecule has 0 saturated carbocycles. The van der Waals surface area contributed by atoms with E-state index in [1.807, 2.05) is 25.1 Å². The minimum Gasteiger partial charge on any atom is -0.497 e. The Bertz CT molecular complexity index is 717. The Kier molecular flexibility index (Phi) is 7.74. The summed E-state index contributed by atoms with van der Waals surface area (Å²) in [5.74, 6) is 2.01. The second-order valence-electron chi connectivity index (χ2n) is 5.68. The molecule has 0 atom stereocenters. The van der Waals surface area contributed by atoms with E-state index >= 15 is 0 Å². The van der Waals surface area contributed by atoms with Gasteiger partial charge in [0, 0.05) is 24.7 Å². The van der Waals surface area contributed by atoms with Gasteiger partial charge in [-0.15, -0.1) is 0 Å². The predicted octanol–water partition coefficient (Wildman–Crippen LogP) is 3.14. The van der Waals surface area contributed by atoms with E-state index in [2.05, 4.69) is 15.6 Å². The highest BCUT2D eigenvalue weighted by Gasteiger charge is 2.05. The summed E-state index contributed by atoms with van der Waals surface area (Å²) in [5.41, 5.74) is 2.05. The zero-order chi connectivity index (χ0) is 18.8. The van der Waals surface area contributed by atoms with Gasteiger partial charge in [-0.1, -0.05) is 12.1 Å². The first-order valence-electron chi connectivity index (χ1n) is 8.63. The Labute approximate surface area is 154 Å². The van der Waals surface area contributed by atoms with Crippen LogP contribution < -0.4 is 20.1 Å². The van der Waals surface area contributed by atoms with Gasteiger partial charge in [-0.05, 0) is 43.2 Å². The van der Waals surface area contributed by atoms with Crippen LogP contribution in [-0.2, 0) is 13.0 Å². The van der Waals surface area contributed by atoms with Crippen LogP contribution in [0.4, 0.5) is 4.39 Å². The van der Waals surface area contributed by atoms with Crippen molar-refractivity contribution in [3.63, 3.8) is 0 Å². The van der Waals surface area contributed by atoms with E-state index in [0.29, 0.717) is 13.1 Å². The molecule has 5 nitrogen and oxygen atoms in total. The first-order chi connectivity index (χ1) is 12.7. The molecule has 0 aromatic heterocycles. The summed E-state index contributed by atoms with van der Waals surface area (Å²) in [6.07, 6.45) is 0.788. The van der Waals surface area contributed by atoms with Crippen molar-refractivity contribution in [2.45, 2.75) is 19.9 Å². The van der Waals surface area contributed by atoms with Gasteiger partial charge in [0.2, 0.25) is 0 Å². The summed E-state index contributed by atoms with van der Waals surface area (Å²) >= 11 is 0. The normalized spacial score (nSPS) is 11.2. The van der Waals surface area contributed by atoms with Crippen molar-refractivity contribution in [2.75, 3.05) is 27.3 Å². The molecule has 0 unspecified atom stereocenters. The summed E-state index contributed by atoms with van der Waals surface area (Å²) in [6, 6.07) is 12.2. The Morgan fingerprint density at radius 3 is 2.46 bits per heavy atom. The van der Waals surface area contributed by atoms with Gasteiger partial charge in [-0.2, -0.15) is 0 Å². The highest BCUT2D eigenvalue weighted by molar-refractivity contribution is 5.79. The number of guanidine groups is 1. The summed E-state index contributed by atoms with van der Waals surface area (Å²) < 4.78 is 23.6. The lowest BCUT2D eigenvalue weighted by molar-refractivity contribution is 0.391. The second kappa shape index (κ2) is 10.3. The number of aliphatic imine (C=N–C) groups is 1. The van der Waals surface area contributed by atoms with E-state index in [0.717, 1.165) is 41.6 Å². The third-order valence-corrected chi connectivity index (χ3v) is 3.87. The Hall–Kier alpha value is -2.76. The standard InChI is InChI=1S/C20H26FN3O2/c1-4-22-20(23-12-11-15-5-8-17(21)9-6-15)24-14-16-7-10-18(25-2)13-19(16)26-3/h5-10,13H,4,11-12,14H2,1-3H3,(H2,22,23,24). The van der Waals surface area contributed by atoms with Crippen molar-refractivity contribution in [3.05, 3.63) is 59.4 Å². The quantitative estimate of drug-likeness (QED) is 0.562. The van der Waals surface area contributed by atoms with Crippen LogP contribution in [0.1, 0.15) is 18.1 Å². The maximum Gasteiger partial charge on any atom is 0.191 e. The molecule has 26 heavy (non-hydrogen) atoms. The maximum atomic E-state index is 12.9. The van der Waals surface area contributed by atoms with E-state index in [1.54, 1.807) is 26.4 Å². The SMILES string of the molecule is CCNC(=NCc1ccc(OC)cc1OC)NCCc1ccc(F)cc1. The Morgan fingerprint density at radius 1 is 1.04 bits per heavy atom. The molecule has 0 radical (unpaired) electrons. The maximum absolute atomic E-state index is 12.9. The second-order valence-corrected chi connectivity index (χ2v) is 5.68. The molecule has 0 aliphatic rings. The van der Waals surface area contributed by atoms with Crippen molar-refractivity contribution in [1.82, 2.24) is 10.6 Å². The number of hydrogen-bond acceptors (Lipinski definition) is 3. The smallest absolute Gasteiger partial charge is 0.191 e. The van der Waals surface area contributed by atoms with Gasteiger partial charge in [-0.25, -0.2) is 9.38 Å². The summed E-state index contributed by atoms with van der Waals surface area (Å²) in [6.45, 7) is 3.98. The highest BCUT2D eigenvalue weighted by Crippen LogP contribution is 2.25. The summed E-state index contributed by atoms with van der Waals surface area (Å²) in [7, 11) is 3.26. The van der Waals surface area contributed by atoms with Crippen LogP contribution in [0.3, 0.4) is 0 Å². The highest BCUT2D eigenvalue weighted by atomic mass is 19.1. The van der Waals surface area contributed by atoms with Gasteiger partial charge in [-0.3, -0.25) is 0 Å². The number of rotatable bonds is 8. The first-order valence-corrected chi connectivity index (χ1v) is 8.63. The number of ether oxygens (including phenoxy) is 2. The molecule has 6 heteroatoms. The number of nitrogens with one attached hydrogen (secondary N) is 2. The first kappa shape index (κ1) is 19.6. The molecule has 2 N–H and O–H groups in total. The van der Waals surface area contributed by atoms with Crippen LogP contribution in [0.2, 0.25) is 0 Å². The molecule has 0 aliphatic heterocycles. The molecular weight excluding hydrogens is 333 g/mol. The summed E-state index contributed by atoms with van der Waals surface area (Å²) in [4.78, 5) is 4.61. The summed E-state index contributed by atoms with van der Waals surface area (Å²) in [5, 5.41) is 6.52. The molecule has 0 heterocycles. The molecular formula is C20H26FN3O2. The minimum absolute atomic E-state index is 0.218. The molecule has 2 aromatic carbocycles. The van der Waals surface area contributed by atoms with Crippen LogP contribution in [0.5, 0.6) is 11.5 Å². The number of methoxy groups -OCH3 is 2. The fourth-order valence-corrected chi connectivity index (χ4v) is 2.46. The molecule has 2 aromatic rings. The van der Waals surface area contributed by atoms with Gasteiger partial charge >= 0.3 is 0 Å². The monoisotopic (exact) mass is 359 g/mol. The average molecular weight is 359 g/mol. The predicted molar refractivity (Wildman–Crippen MR) is 102 cm³/mol. The van der Waals surface area contributed by atoms with Crippen LogP contribution in [-0.4, -0.2) is 33.3 Å². The van der Waals surface area contributed by atoms with Gasteiger partial charge in [0.25, 0.3) is 0 Å². The zero-order valence-corrected chi connectivity index (χ0v) is 15.5. The van der Waals surface area contributed by atoms with Gasteiger partial charge in [0.15, 0.2) is 5.96 Å². The molecule has 2 rings (SSSR count). The molecule has 0 bridgehead atoms. The zero-order valence-electron chi connectivity index (χ0n) is 15.5. The van der Waals surface area contributed by atoms with E-state index in [9.17, 15) is 4.39 Å². The van der Waals surface area contributed by atoms with Gasteiger partial charge < -0.3 is 20.1 Å². The molecule has 0 saturated heterocycles. The van der Waals surface area contributed by atoms with E-state index in [1.165, 1.54) is 12.1 Å². The molecule has 0 aliphatic carbocycles. The number of hydrogen-bond donors (Lipinski definition) is 2. The fourth-order valence-electron chi connectivity index (χ4n) is 2.46. The topological polar surface area (TPSA) is 54.9 Å². The molecule has 140 valence electrons. The molecule has 0 fully saturated rings. The van der Waals surface area contributed by atoms with E-state index < -0.39 is 0 Å². The average Bonchev–Trinajstić information content (AvgIpc) is 2.67. The lowest BCUT2D eigenvalue weighted by atomic mass is 10.1. The van der Waals surface area contributed by atoms with Gasteiger partial charge in [0.1, 0.15) is 17.3 Å². The number of halogens is 1. The Morgan fingerprint density at radius 2 is 1.81 bits per heavy atom. The minimum atomic E-state index is -0.218. The van der Waals surface area contributed by atoms with Gasteiger partial charge in [0.05, 0.1) is 20.8 Å². The van der Waals surface area contributed by atoms with Crippen molar-refractivity contribution < 1.29 is 13.9 Å². The third-order valence-electron chi connectivity index (χ3n) is 3.87. The lowest BCUT2D eigenvalue weighted by Crippen LogP contribution is -2.38. The van der Waals surface area contributed by atoms with Crippen LogP contribution >= 0.6 is 0 Å². The Balaban J connectivity index is 1.96. The van der Waals surface area contributed by atoms with Crippen LogP contribution in [0.25, 0.3) is 0 Å². The van der Waals surface area contributed by atoms with Crippen LogP contribution in [0.15, 0.2) is 47.5 Å². The molecule has 0 spiro atoms. The number of nitrogens with zero attached hydrogens (tertiary/aromatic N) is 1. The van der Waals surface area contributed by atoms with Crippen molar-refractivity contribution >= 4 is 5.96 Å². The van der Waals surface area contributed by atoms with E-state index in [-0.39, 0.29) is 5.82 Å². The lowest BCUT2D eigenvalue weighted by Gasteiger charge is -2.13. The fraction of sp³-hybridized carbons (Fsp3) is 0.350. The number of benzene rings is 2. The van der Waals surface area contributed by atoms with Crippen molar-refractivity contribution in [2.24, 2.45) is 4.99 Å². The largest absolute Gasteiger partial charge is 0.497 e. The van der Waals surface area contributed by atoms with Crippen molar-refractivity contribution in [1.29, 1.82) is 0 Å². The molecule has 0 amide bonds. The van der Waals surface area contributed by atoms with Crippen molar-refractivity contribution in [3.8, 4) is 11.5 Å².